The van der Waals surface area contributed by atoms with Gasteiger partial charge in [-0.15, -0.1) is 0 Å². The fraction of sp³-hybridized carbons (Fsp3) is 0.211. The molecule has 1 heterocycles. The maximum Gasteiger partial charge on any atom is 0.217 e. The average molecular weight is 316 g/mol. The summed E-state index contributed by atoms with van der Waals surface area (Å²) in [5.74, 6) is -0.325. The Hall–Kier alpha value is -3.31. The smallest absolute Gasteiger partial charge is 0.217 e. The Balaban J connectivity index is 2.04. The van der Waals surface area contributed by atoms with E-state index in [1.54, 1.807) is 17.0 Å². The third-order valence-corrected chi connectivity index (χ3v) is 4.24. The summed E-state index contributed by atoms with van der Waals surface area (Å²) in [6, 6.07) is 13.6. The maximum absolute atomic E-state index is 11.1. The third-order valence-electron chi connectivity index (χ3n) is 4.24. The van der Waals surface area contributed by atoms with Crippen molar-refractivity contribution < 1.29 is 4.79 Å². The standard InChI is InChI=1S/C19H16N4O/c20-9-13-1-4-15(5-2-13)17-8-14(3-6-19(22)24)7-16-10-23(12-21)11-18(16)17/h1-2,4-5,7-8H,3,6,10-11H2,(H2,22,24). The Morgan fingerprint density at radius 1 is 1.17 bits per heavy atom. The lowest BCUT2D eigenvalue weighted by atomic mass is 9.92. The summed E-state index contributed by atoms with van der Waals surface area (Å²) < 4.78 is 0. The zero-order valence-corrected chi connectivity index (χ0v) is 13.1. The van der Waals surface area contributed by atoms with Gasteiger partial charge in [0, 0.05) is 6.42 Å². The van der Waals surface area contributed by atoms with Crippen molar-refractivity contribution in [3.8, 4) is 23.4 Å². The van der Waals surface area contributed by atoms with Gasteiger partial charge in [0.25, 0.3) is 0 Å². The van der Waals surface area contributed by atoms with Crippen LogP contribution >= 0.6 is 0 Å². The Morgan fingerprint density at radius 3 is 2.54 bits per heavy atom. The van der Waals surface area contributed by atoms with Crippen molar-refractivity contribution in [2.45, 2.75) is 25.9 Å². The molecule has 2 aromatic carbocycles. The maximum atomic E-state index is 11.1. The zero-order valence-electron chi connectivity index (χ0n) is 13.1. The topological polar surface area (TPSA) is 93.9 Å². The minimum absolute atomic E-state index is 0.299. The summed E-state index contributed by atoms with van der Waals surface area (Å²) in [6.07, 6.45) is 3.07. The van der Waals surface area contributed by atoms with Gasteiger partial charge >= 0.3 is 0 Å². The second-order valence-electron chi connectivity index (χ2n) is 5.89. The third kappa shape index (κ3) is 3.06. The van der Waals surface area contributed by atoms with E-state index in [2.05, 4.69) is 24.4 Å². The predicted octanol–water partition coefficient (Wildman–Crippen LogP) is 2.44. The lowest BCUT2D eigenvalue weighted by Crippen LogP contribution is -2.11. The van der Waals surface area contributed by atoms with E-state index in [9.17, 15) is 10.1 Å². The Morgan fingerprint density at radius 2 is 1.92 bits per heavy atom. The number of nitriles is 2. The zero-order chi connectivity index (χ0) is 17.1. The highest BCUT2D eigenvalue weighted by atomic mass is 16.1. The van der Waals surface area contributed by atoms with Gasteiger partial charge in [-0.2, -0.15) is 10.5 Å². The molecule has 0 unspecified atom stereocenters. The molecule has 0 spiro atoms. The van der Waals surface area contributed by atoms with Gasteiger partial charge in [0.15, 0.2) is 6.19 Å². The first-order chi connectivity index (χ1) is 11.6. The van der Waals surface area contributed by atoms with Crippen LogP contribution in [0.15, 0.2) is 36.4 Å². The number of amides is 1. The summed E-state index contributed by atoms with van der Waals surface area (Å²) >= 11 is 0. The first-order valence-corrected chi connectivity index (χ1v) is 7.69. The monoisotopic (exact) mass is 316 g/mol. The van der Waals surface area contributed by atoms with Gasteiger partial charge in [-0.25, -0.2) is 0 Å². The van der Waals surface area contributed by atoms with Gasteiger partial charge in [0.05, 0.1) is 24.7 Å². The number of hydrogen-bond acceptors (Lipinski definition) is 4. The summed E-state index contributed by atoms with van der Waals surface area (Å²) in [6.45, 7) is 1.16. The van der Waals surface area contributed by atoms with Crippen molar-refractivity contribution in [2.24, 2.45) is 5.73 Å². The van der Waals surface area contributed by atoms with E-state index in [-0.39, 0.29) is 5.91 Å². The molecule has 3 rings (SSSR count). The fourth-order valence-electron chi connectivity index (χ4n) is 3.04. The quantitative estimate of drug-likeness (QED) is 0.877. The van der Waals surface area contributed by atoms with Crippen molar-refractivity contribution in [1.29, 1.82) is 10.5 Å². The molecular weight excluding hydrogens is 300 g/mol. The normalized spacial score (nSPS) is 12.3. The van der Waals surface area contributed by atoms with Crippen molar-refractivity contribution in [2.75, 3.05) is 0 Å². The van der Waals surface area contributed by atoms with E-state index in [0.29, 0.717) is 31.5 Å². The van der Waals surface area contributed by atoms with Gasteiger partial charge in [0.2, 0.25) is 5.91 Å². The molecule has 0 aromatic heterocycles. The van der Waals surface area contributed by atoms with Crippen LogP contribution in [-0.4, -0.2) is 10.8 Å². The number of carbonyl (C=O) groups is 1. The van der Waals surface area contributed by atoms with Crippen LogP contribution in [0.25, 0.3) is 11.1 Å². The molecule has 2 N–H and O–H groups in total. The van der Waals surface area contributed by atoms with Gasteiger partial charge in [-0.05, 0) is 46.4 Å². The van der Waals surface area contributed by atoms with Gasteiger partial charge in [-0.1, -0.05) is 24.3 Å². The minimum atomic E-state index is -0.325. The number of nitrogens with two attached hydrogens (primary N) is 1. The fourth-order valence-corrected chi connectivity index (χ4v) is 3.04. The molecule has 118 valence electrons. The number of primary amides is 1. The van der Waals surface area contributed by atoms with Crippen molar-refractivity contribution >= 4 is 5.91 Å². The molecule has 1 aliphatic rings. The largest absolute Gasteiger partial charge is 0.370 e. The predicted molar refractivity (Wildman–Crippen MR) is 89.0 cm³/mol. The number of fused-ring (bicyclic) bond motifs is 1. The number of nitrogens with zero attached hydrogens (tertiary/aromatic N) is 3. The number of hydrogen-bond donors (Lipinski definition) is 1. The number of benzene rings is 2. The van der Waals surface area contributed by atoms with Crippen LogP contribution in [0.4, 0.5) is 0 Å². The molecule has 0 bridgehead atoms. The summed E-state index contributed by atoms with van der Waals surface area (Å²) in [5.41, 5.74) is 11.2. The van der Waals surface area contributed by atoms with Crippen molar-refractivity contribution in [3.63, 3.8) is 0 Å². The van der Waals surface area contributed by atoms with Crippen LogP contribution in [0.3, 0.4) is 0 Å². The Kier molecular flexibility index (Phi) is 4.18. The molecule has 1 amide bonds. The molecule has 0 fully saturated rings. The first-order valence-electron chi connectivity index (χ1n) is 7.69. The van der Waals surface area contributed by atoms with Crippen LogP contribution in [0.5, 0.6) is 0 Å². The van der Waals surface area contributed by atoms with Gasteiger partial charge < -0.3 is 10.6 Å². The molecule has 24 heavy (non-hydrogen) atoms. The minimum Gasteiger partial charge on any atom is -0.370 e. The van der Waals surface area contributed by atoms with E-state index in [0.717, 1.165) is 27.8 Å². The van der Waals surface area contributed by atoms with E-state index in [1.807, 2.05) is 12.1 Å². The molecule has 0 saturated carbocycles. The van der Waals surface area contributed by atoms with Gasteiger partial charge in [-0.3, -0.25) is 4.79 Å². The van der Waals surface area contributed by atoms with E-state index in [4.69, 9.17) is 11.0 Å². The molecule has 5 heteroatoms. The number of aryl methyl sites for hydroxylation is 1. The van der Waals surface area contributed by atoms with E-state index < -0.39 is 0 Å². The second-order valence-corrected chi connectivity index (χ2v) is 5.89. The molecule has 0 radical (unpaired) electrons. The molecule has 0 saturated heterocycles. The Labute approximate surface area is 140 Å². The molecule has 2 aromatic rings. The van der Waals surface area contributed by atoms with Crippen LogP contribution < -0.4 is 5.73 Å². The summed E-state index contributed by atoms with van der Waals surface area (Å²) in [4.78, 5) is 12.8. The van der Waals surface area contributed by atoms with Crippen LogP contribution in [0, 0.1) is 22.8 Å². The molecule has 0 aliphatic carbocycles. The average Bonchev–Trinajstić information content (AvgIpc) is 3.02. The highest BCUT2D eigenvalue weighted by Gasteiger charge is 2.22. The Bertz CT molecular complexity index is 872. The number of rotatable bonds is 4. The highest BCUT2D eigenvalue weighted by Crippen LogP contribution is 2.34. The molecule has 0 atom stereocenters. The second kappa shape index (κ2) is 6.44. The van der Waals surface area contributed by atoms with Crippen LogP contribution in [-0.2, 0) is 24.3 Å². The van der Waals surface area contributed by atoms with Crippen LogP contribution in [0.2, 0.25) is 0 Å². The van der Waals surface area contributed by atoms with Crippen molar-refractivity contribution in [3.05, 3.63) is 58.7 Å². The highest BCUT2D eigenvalue weighted by molar-refractivity contribution is 5.75. The number of carbonyl (C=O) groups excluding carboxylic acids is 1. The van der Waals surface area contributed by atoms with Gasteiger partial charge in [0.1, 0.15) is 0 Å². The lowest BCUT2D eigenvalue weighted by molar-refractivity contribution is -0.117. The lowest BCUT2D eigenvalue weighted by Gasteiger charge is -2.11. The van der Waals surface area contributed by atoms with Crippen LogP contribution in [0.1, 0.15) is 28.7 Å². The van der Waals surface area contributed by atoms with E-state index in [1.165, 1.54) is 0 Å². The summed E-state index contributed by atoms with van der Waals surface area (Å²) in [5, 5.41) is 18.1. The first kappa shape index (κ1) is 15.6. The molecule has 5 nitrogen and oxygen atoms in total. The SMILES string of the molecule is N#Cc1ccc(-c2cc(CCC(N)=O)cc3c2CN(C#N)C3)cc1. The molecule has 1 aliphatic heterocycles. The van der Waals surface area contributed by atoms with Crippen molar-refractivity contribution in [1.82, 2.24) is 4.90 Å². The summed E-state index contributed by atoms with van der Waals surface area (Å²) in [7, 11) is 0. The molecular formula is C19H16N4O. The van der Waals surface area contributed by atoms with E-state index >= 15 is 0 Å².